The van der Waals surface area contributed by atoms with Crippen molar-refractivity contribution >= 4 is 17.9 Å². The molecule has 0 saturated carbocycles. The number of rotatable bonds is 37. The number of hydrogen-bond donors (Lipinski definition) is 0. The molecule has 0 aliphatic heterocycles. The zero-order valence-corrected chi connectivity index (χ0v) is 31.6. The van der Waals surface area contributed by atoms with Crippen molar-refractivity contribution in [2.75, 3.05) is 13.2 Å². The maximum Gasteiger partial charge on any atom is 0.306 e. The fraction of sp³-hybridized carbons (Fsp3) is 0.927. The lowest BCUT2D eigenvalue weighted by molar-refractivity contribution is -0.167. The Morgan fingerprint density at radius 3 is 0.851 bits per heavy atom. The predicted octanol–water partition coefficient (Wildman–Crippen LogP) is 12.5. The lowest BCUT2D eigenvalue weighted by Crippen LogP contribution is -2.30. The normalized spacial score (nSPS) is 11.8. The van der Waals surface area contributed by atoms with Gasteiger partial charge in [-0.3, -0.25) is 14.4 Å². The van der Waals surface area contributed by atoms with Gasteiger partial charge in [-0.1, -0.05) is 188 Å². The second-order valence-electron chi connectivity index (χ2n) is 13.9. The van der Waals surface area contributed by atoms with E-state index in [0.717, 1.165) is 64.2 Å². The number of ether oxygens (including phenoxy) is 3. The van der Waals surface area contributed by atoms with Crippen LogP contribution in [-0.4, -0.2) is 37.2 Å². The van der Waals surface area contributed by atoms with Crippen LogP contribution in [0.5, 0.6) is 0 Å². The fourth-order valence-electron chi connectivity index (χ4n) is 5.97. The first-order chi connectivity index (χ1) is 23.0. The fourth-order valence-corrected chi connectivity index (χ4v) is 5.97. The van der Waals surface area contributed by atoms with Crippen molar-refractivity contribution in [2.45, 2.75) is 232 Å². The molecular weight excluding hydrogens is 588 g/mol. The van der Waals surface area contributed by atoms with Gasteiger partial charge in [-0.05, 0) is 19.3 Å². The van der Waals surface area contributed by atoms with Crippen LogP contribution in [0.1, 0.15) is 226 Å². The van der Waals surface area contributed by atoms with E-state index in [4.69, 9.17) is 14.2 Å². The lowest BCUT2D eigenvalue weighted by atomic mass is 10.0. The summed E-state index contributed by atoms with van der Waals surface area (Å²) in [6, 6.07) is 0. The van der Waals surface area contributed by atoms with E-state index in [2.05, 4.69) is 20.8 Å². The molecule has 0 aromatic carbocycles. The highest BCUT2D eigenvalue weighted by Gasteiger charge is 2.19. The molecule has 0 N–H and O–H groups in total. The second-order valence-corrected chi connectivity index (χ2v) is 13.9. The molecule has 0 aliphatic carbocycles. The van der Waals surface area contributed by atoms with Gasteiger partial charge >= 0.3 is 17.9 Å². The van der Waals surface area contributed by atoms with Gasteiger partial charge in [-0.2, -0.15) is 0 Å². The Morgan fingerprint density at radius 2 is 0.574 bits per heavy atom. The summed E-state index contributed by atoms with van der Waals surface area (Å²) in [6.07, 6.45) is 35.5. The topological polar surface area (TPSA) is 78.9 Å². The molecule has 0 rings (SSSR count). The highest BCUT2D eigenvalue weighted by molar-refractivity contribution is 5.71. The van der Waals surface area contributed by atoms with Gasteiger partial charge in [0.15, 0.2) is 6.10 Å². The molecule has 0 spiro atoms. The first-order valence-corrected chi connectivity index (χ1v) is 20.5. The molecule has 1 atom stereocenters. The SMILES string of the molecule is CCCCCCCCCCCCCCCCCC(=O)OC[C@@H](COC(=O)CCCCCCCCCCC)OC(=O)CCCCCCC. The summed E-state index contributed by atoms with van der Waals surface area (Å²) in [5, 5.41) is 0. The van der Waals surface area contributed by atoms with E-state index in [1.54, 1.807) is 0 Å². The Bertz CT molecular complexity index is 693. The standard InChI is InChI=1S/C41H78O6/c1-4-7-10-13-15-17-18-19-20-21-22-24-26-29-31-34-40(43)46-37-38(47-41(44)35-32-27-12-9-6-3)36-45-39(42)33-30-28-25-23-16-14-11-8-5-2/h38H,4-37H2,1-3H3/t38-/m1/s1. The summed E-state index contributed by atoms with van der Waals surface area (Å²) < 4.78 is 16.5. The van der Waals surface area contributed by atoms with Crippen molar-refractivity contribution in [2.24, 2.45) is 0 Å². The predicted molar refractivity (Wildman–Crippen MR) is 197 cm³/mol. The van der Waals surface area contributed by atoms with Gasteiger partial charge in [0.1, 0.15) is 13.2 Å². The molecule has 0 aromatic heterocycles. The molecule has 278 valence electrons. The molecule has 0 heterocycles. The minimum absolute atomic E-state index is 0.0650. The average Bonchev–Trinajstić information content (AvgIpc) is 3.06. The monoisotopic (exact) mass is 667 g/mol. The number of carbonyl (C=O) groups is 3. The first kappa shape index (κ1) is 45.4. The number of carbonyl (C=O) groups excluding carboxylic acids is 3. The van der Waals surface area contributed by atoms with Gasteiger partial charge in [-0.15, -0.1) is 0 Å². The first-order valence-electron chi connectivity index (χ1n) is 20.5. The third-order valence-electron chi connectivity index (χ3n) is 9.11. The van der Waals surface area contributed by atoms with Crippen LogP contribution < -0.4 is 0 Å². The lowest BCUT2D eigenvalue weighted by Gasteiger charge is -2.18. The third kappa shape index (κ3) is 35.5. The molecule has 0 unspecified atom stereocenters. The molecule has 0 amide bonds. The summed E-state index contributed by atoms with van der Waals surface area (Å²) in [7, 11) is 0. The van der Waals surface area contributed by atoms with E-state index < -0.39 is 6.10 Å². The minimum Gasteiger partial charge on any atom is -0.462 e. The molecular formula is C41H78O6. The van der Waals surface area contributed by atoms with Crippen LogP contribution in [0.2, 0.25) is 0 Å². The number of hydrogen-bond acceptors (Lipinski definition) is 6. The van der Waals surface area contributed by atoms with E-state index in [1.807, 2.05) is 0 Å². The highest BCUT2D eigenvalue weighted by Crippen LogP contribution is 2.15. The van der Waals surface area contributed by atoms with Gasteiger partial charge in [0.05, 0.1) is 0 Å². The molecule has 0 aromatic rings. The second kappa shape index (κ2) is 37.2. The maximum atomic E-state index is 12.5. The molecule has 0 saturated heterocycles. The minimum atomic E-state index is -0.754. The Morgan fingerprint density at radius 1 is 0.340 bits per heavy atom. The van der Waals surface area contributed by atoms with Crippen molar-refractivity contribution in [3.8, 4) is 0 Å². The quantitative estimate of drug-likeness (QED) is 0.0373. The van der Waals surface area contributed by atoms with E-state index in [0.29, 0.717) is 19.3 Å². The Hall–Kier alpha value is -1.59. The summed E-state index contributed by atoms with van der Waals surface area (Å²) in [5.41, 5.74) is 0. The van der Waals surface area contributed by atoms with Gasteiger partial charge in [0.25, 0.3) is 0 Å². The van der Waals surface area contributed by atoms with E-state index in [1.165, 1.54) is 122 Å². The Kier molecular flexibility index (Phi) is 36.0. The zero-order valence-electron chi connectivity index (χ0n) is 31.6. The van der Waals surface area contributed by atoms with Gasteiger partial charge < -0.3 is 14.2 Å². The van der Waals surface area contributed by atoms with E-state index in [-0.39, 0.29) is 31.1 Å². The van der Waals surface area contributed by atoms with Crippen molar-refractivity contribution in [3.05, 3.63) is 0 Å². The third-order valence-corrected chi connectivity index (χ3v) is 9.11. The smallest absolute Gasteiger partial charge is 0.306 e. The molecule has 0 aliphatic rings. The van der Waals surface area contributed by atoms with Crippen LogP contribution >= 0.6 is 0 Å². The largest absolute Gasteiger partial charge is 0.462 e. The Labute approximate surface area is 291 Å². The number of esters is 3. The van der Waals surface area contributed by atoms with Crippen molar-refractivity contribution in [1.29, 1.82) is 0 Å². The highest BCUT2D eigenvalue weighted by atomic mass is 16.6. The van der Waals surface area contributed by atoms with Crippen LogP contribution in [0.15, 0.2) is 0 Å². The van der Waals surface area contributed by atoms with Crippen LogP contribution in [0.4, 0.5) is 0 Å². The summed E-state index contributed by atoms with van der Waals surface area (Å²) in [6.45, 7) is 6.53. The molecule has 47 heavy (non-hydrogen) atoms. The maximum absolute atomic E-state index is 12.5. The van der Waals surface area contributed by atoms with Crippen LogP contribution in [-0.2, 0) is 28.6 Å². The molecule has 0 fully saturated rings. The van der Waals surface area contributed by atoms with Crippen LogP contribution in [0.3, 0.4) is 0 Å². The molecule has 6 heteroatoms. The van der Waals surface area contributed by atoms with Crippen LogP contribution in [0, 0.1) is 0 Å². The summed E-state index contributed by atoms with van der Waals surface area (Å²) in [5.74, 6) is -0.876. The van der Waals surface area contributed by atoms with Crippen LogP contribution in [0.25, 0.3) is 0 Å². The molecule has 6 nitrogen and oxygen atoms in total. The van der Waals surface area contributed by atoms with Gasteiger partial charge in [-0.25, -0.2) is 0 Å². The van der Waals surface area contributed by atoms with Crippen molar-refractivity contribution in [1.82, 2.24) is 0 Å². The summed E-state index contributed by atoms with van der Waals surface area (Å²) in [4.78, 5) is 37.2. The average molecular weight is 667 g/mol. The van der Waals surface area contributed by atoms with Gasteiger partial charge in [0.2, 0.25) is 0 Å². The van der Waals surface area contributed by atoms with Crippen molar-refractivity contribution < 1.29 is 28.6 Å². The zero-order chi connectivity index (χ0) is 34.5. The van der Waals surface area contributed by atoms with Gasteiger partial charge in [0, 0.05) is 19.3 Å². The summed E-state index contributed by atoms with van der Waals surface area (Å²) >= 11 is 0. The Balaban J connectivity index is 4.15. The van der Waals surface area contributed by atoms with E-state index >= 15 is 0 Å². The number of unbranched alkanes of at least 4 members (excludes halogenated alkanes) is 26. The molecule has 0 bridgehead atoms. The molecule has 0 radical (unpaired) electrons. The van der Waals surface area contributed by atoms with E-state index in [9.17, 15) is 14.4 Å². The van der Waals surface area contributed by atoms with Crippen molar-refractivity contribution in [3.63, 3.8) is 0 Å².